The van der Waals surface area contributed by atoms with Crippen LogP contribution in [0.15, 0.2) is 59.7 Å². The summed E-state index contributed by atoms with van der Waals surface area (Å²) in [5, 5.41) is 9.22. The number of amides is 1. The van der Waals surface area contributed by atoms with Gasteiger partial charge < -0.3 is 4.90 Å². The molecule has 1 aliphatic heterocycles. The van der Waals surface area contributed by atoms with E-state index in [1.807, 2.05) is 29.2 Å². The van der Waals surface area contributed by atoms with Gasteiger partial charge in [-0.25, -0.2) is 9.36 Å². The number of rotatable bonds is 5. The molecule has 0 spiro atoms. The molecule has 29 heavy (non-hydrogen) atoms. The minimum Gasteiger partial charge on any atom is -0.342 e. The molecule has 0 radical (unpaired) electrons. The molecule has 1 fully saturated rings. The summed E-state index contributed by atoms with van der Waals surface area (Å²) in [6, 6.07) is 12.4. The fraction of sp³-hybridized carbons (Fsp3) is 0.333. The zero-order valence-electron chi connectivity index (χ0n) is 15.9. The van der Waals surface area contributed by atoms with Gasteiger partial charge in [-0.15, -0.1) is 5.10 Å². The van der Waals surface area contributed by atoms with Crippen molar-refractivity contribution in [1.29, 1.82) is 0 Å². The van der Waals surface area contributed by atoms with Gasteiger partial charge in [0.1, 0.15) is 0 Å². The van der Waals surface area contributed by atoms with Crippen molar-refractivity contribution in [3.63, 3.8) is 0 Å². The molecule has 0 aliphatic carbocycles. The maximum absolute atomic E-state index is 12.6. The number of likely N-dealkylation sites (tertiary alicyclic amines) is 1. The fourth-order valence-electron chi connectivity index (χ4n) is 3.62. The number of carbonyl (C=O) groups is 1. The monoisotopic (exact) mass is 411 g/mol. The van der Waals surface area contributed by atoms with Gasteiger partial charge in [-0.2, -0.15) is 5.10 Å². The second-order valence-corrected chi connectivity index (χ2v) is 7.66. The average molecular weight is 412 g/mol. The second kappa shape index (κ2) is 8.61. The van der Waals surface area contributed by atoms with Crippen molar-refractivity contribution in [3.05, 3.63) is 75.8 Å². The standard InChI is InChI=1S/C21H22ClN5O2/c22-18-5-2-1-4-17(18)14-21(29)25-12-8-16(9-13-25)15-27-20(28)7-6-19(24-27)26-11-3-10-23-26/h1-7,10-11,16H,8-9,12-15H2. The van der Waals surface area contributed by atoms with E-state index < -0.39 is 0 Å². The molecule has 0 bridgehead atoms. The van der Waals surface area contributed by atoms with Crippen molar-refractivity contribution in [2.24, 2.45) is 5.92 Å². The lowest BCUT2D eigenvalue weighted by molar-refractivity contribution is -0.131. The minimum absolute atomic E-state index is 0.0903. The van der Waals surface area contributed by atoms with Crippen molar-refractivity contribution < 1.29 is 4.79 Å². The Morgan fingerprint density at radius 3 is 2.62 bits per heavy atom. The van der Waals surface area contributed by atoms with Crippen LogP contribution in [0.25, 0.3) is 5.82 Å². The molecule has 2 aromatic heterocycles. The molecule has 3 aromatic rings. The Bertz CT molecular complexity index is 1040. The van der Waals surface area contributed by atoms with Crippen molar-refractivity contribution in [3.8, 4) is 5.82 Å². The third-order valence-electron chi connectivity index (χ3n) is 5.29. The van der Waals surface area contributed by atoms with E-state index in [9.17, 15) is 9.59 Å². The van der Waals surface area contributed by atoms with E-state index in [-0.39, 0.29) is 11.5 Å². The molecule has 8 heteroatoms. The molecule has 1 saturated heterocycles. The van der Waals surface area contributed by atoms with Crippen molar-refractivity contribution in [2.45, 2.75) is 25.8 Å². The molecule has 3 heterocycles. The fourth-order valence-corrected chi connectivity index (χ4v) is 3.82. The number of piperidine rings is 1. The summed E-state index contributed by atoms with van der Waals surface area (Å²) >= 11 is 6.17. The Labute approximate surface area is 173 Å². The summed E-state index contributed by atoms with van der Waals surface area (Å²) in [5.74, 6) is 1.01. The van der Waals surface area contributed by atoms with Crippen LogP contribution in [-0.2, 0) is 17.8 Å². The Balaban J connectivity index is 1.36. The molecule has 0 atom stereocenters. The van der Waals surface area contributed by atoms with E-state index >= 15 is 0 Å². The average Bonchev–Trinajstić information content (AvgIpc) is 3.27. The smallest absolute Gasteiger partial charge is 0.266 e. The number of aromatic nitrogens is 4. The van der Waals surface area contributed by atoms with Crippen LogP contribution >= 0.6 is 11.6 Å². The first-order valence-corrected chi connectivity index (χ1v) is 10.1. The van der Waals surface area contributed by atoms with Crippen molar-refractivity contribution in [1.82, 2.24) is 24.5 Å². The maximum Gasteiger partial charge on any atom is 0.266 e. The summed E-state index contributed by atoms with van der Waals surface area (Å²) in [7, 11) is 0. The number of carbonyl (C=O) groups excluding carboxylic acids is 1. The van der Waals surface area contributed by atoms with Crippen LogP contribution in [0.2, 0.25) is 5.02 Å². The van der Waals surface area contributed by atoms with Crippen LogP contribution in [-0.4, -0.2) is 43.5 Å². The van der Waals surface area contributed by atoms with Gasteiger partial charge in [0.05, 0.1) is 6.42 Å². The van der Waals surface area contributed by atoms with E-state index in [0.29, 0.717) is 42.8 Å². The largest absolute Gasteiger partial charge is 0.342 e. The van der Waals surface area contributed by atoms with Gasteiger partial charge in [-0.1, -0.05) is 29.8 Å². The summed E-state index contributed by atoms with van der Waals surface area (Å²) < 4.78 is 3.13. The third kappa shape index (κ3) is 4.56. The van der Waals surface area contributed by atoms with E-state index in [1.54, 1.807) is 29.2 Å². The molecule has 4 rings (SSSR count). The summed E-state index contributed by atoms with van der Waals surface area (Å²) in [5.41, 5.74) is 0.727. The lowest BCUT2D eigenvalue weighted by Crippen LogP contribution is -2.41. The molecule has 1 amide bonds. The van der Waals surface area contributed by atoms with Gasteiger partial charge in [0, 0.05) is 43.1 Å². The predicted octanol–water partition coefficient (Wildman–Crippen LogP) is 2.56. The maximum atomic E-state index is 12.6. The zero-order valence-corrected chi connectivity index (χ0v) is 16.7. The third-order valence-corrected chi connectivity index (χ3v) is 5.66. The van der Waals surface area contributed by atoms with E-state index in [2.05, 4.69) is 10.2 Å². The minimum atomic E-state index is -0.127. The Morgan fingerprint density at radius 2 is 1.90 bits per heavy atom. The number of hydrogen-bond acceptors (Lipinski definition) is 4. The van der Waals surface area contributed by atoms with Gasteiger partial charge in [0.2, 0.25) is 5.91 Å². The lowest BCUT2D eigenvalue weighted by atomic mass is 9.96. The predicted molar refractivity (Wildman–Crippen MR) is 110 cm³/mol. The molecule has 1 aliphatic rings. The highest BCUT2D eigenvalue weighted by Crippen LogP contribution is 2.21. The van der Waals surface area contributed by atoms with Crippen LogP contribution in [0.1, 0.15) is 18.4 Å². The first kappa shape index (κ1) is 19.4. The molecule has 1 aromatic carbocycles. The van der Waals surface area contributed by atoms with Crippen molar-refractivity contribution >= 4 is 17.5 Å². The summed E-state index contributed by atoms with van der Waals surface area (Å²) in [6.07, 6.45) is 5.47. The van der Waals surface area contributed by atoms with E-state index in [4.69, 9.17) is 11.6 Å². The Hall–Kier alpha value is -2.93. The first-order valence-electron chi connectivity index (χ1n) is 9.69. The first-order chi connectivity index (χ1) is 14.1. The second-order valence-electron chi connectivity index (χ2n) is 7.25. The molecule has 0 unspecified atom stereocenters. The number of hydrogen-bond donors (Lipinski definition) is 0. The normalized spacial score (nSPS) is 14.9. The van der Waals surface area contributed by atoms with Crippen LogP contribution < -0.4 is 5.56 Å². The van der Waals surface area contributed by atoms with Crippen LogP contribution in [0.4, 0.5) is 0 Å². The summed E-state index contributed by atoms with van der Waals surface area (Å²) in [4.78, 5) is 26.7. The zero-order chi connectivity index (χ0) is 20.2. The highest BCUT2D eigenvalue weighted by Gasteiger charge is 2.24. The van der Waals surface area contributed by atoms with E-state index in [1.165, 1.54) is 10.7 Å². The molecule has 0 N–H and O–H groups in total. The SMILES string of the molecule is O=C(Cc1ccccc1Cl)N1CCC(Cn2nc(-n3cccn3)ccc2=O)CC1. The van der Waals surface area contributed by atoms with Gasteiger partial charge in [0.15, 0.2) is 5.82 Å². The number of halogens is 1. The van der Waals surface area contributed by atoms with Gasteiger partial charge in [0.25, 0.3) is 5.56 Å². The molecular weight excluding hydrogens is 390 g/mol. The van der Waals surface area contributed by atoms with Gasteiger partial charge in [-0.3, -0.25) is 9.59 Å². The van der Waals surface area contributed by atoms with Gasteiger partial charge in [-0.05, 0) is 42.5 Å². The molecule has 7 nitrogen and oxygen atoms in total. The highest BCUT2D eigenvalue weighted by molar-refractivity contribution is 6.31. The highest BCUT2D eigenvalue weighted by atomic mass is 35.5. The topological polar surface area (TPSA) is 73.0 Å². The molecule has 0 saturated carbocycles. The Morgan fingerprint density at radius 1 is 1.10 bits per heavy atom. The number of nitrogens with zero attached hydrogens (tertiary/aromatic N) is 5. The molecular formula is C21H22ClN5O2. The van der Waals surface area contributed by atoms with E-state index in [0.717, 1.165) is 18.4 Å². The number of benzene rings is 1. The van der Waals surface area contributed by atoms with Crippen LogP contribution in [0.3, 0.4) is 0 Å². The Kier molecular flexibility index (Phi) is 5.76. The van der Waals surface area contributed by atoms with Crippen LogP contribution in [0, 0.1) is 5.92 Å². The molecule has 150 valence electrons. The lowest BCUT2D eigenvalue weighted by Gasteiger charge is -2.32. The summed E-state index contributed by atoms with van der Waals surface area (Å²) in [6.45, 7) is 1.91. The van der Waals surface area contributed by atoms with Crippen molar-refractivity contribution in [2.75, 3.05) is 13.1 Å². The van der Waals surface area contributed by atoms with Crippen LogP contribution in [0.5, 0.6) is 0 Å². The quantitative estimate of drug-likeness (QED) is 0.646. The van der Waals surface area contributed by atoms with Gasteiger partial charge >= 0.3 is 0 Å².